The maximum absolute atomic E-state index is 13.3. The van der Waals surface area contributed by atoms with Crippen molar-refractivity contribution >= 4 is 47.1 Å². The predicted molar refractivity (Wildman–Crippen MR) is 145 cm³/mol. The topological polar surface area (TPSA) is 86.7 Å². The molecule has 2 aromatic carbocycles. The summed E-state index contributed by atoms with van der Waals surface area (Å²) in [6.07, 6.45) is 7.25. The number of carbonyl (C=O) groups is 3. The van der Waals surface area contributed by atoms with E-state index in [9.17, 15) is 14.4 Å². The first-order valence-electron chi connectivity index (χ1n) is 12.2. The van der Waals surface area contributed by atoms with Crippen LogP contribution >= 0.6 is 23.2 Å². The number of hydrogen-bond donors (Lipinski definition) is 2. The molecular formula is C28H34Cl2N2O4. The van der Waals surface area contributed by atoms with E-state index in [1.807, 2.05) is 17.0 Å². The summed E-state index contributed by atoms with van der Waals surface area (Å²) < 4.78 is 0. The molecule has 0 saturated heterocycles. The Morgan fingerprint density at radius 3 is 2.31 bits per heavy atom. The lowest BCUT2D eigenvalue weighted by Gasteiger charge is -2.27. The second-order valence-electron chi connectivity index (χ2n) is 8.70. The number of nitrogens with one attached hydrogen (secondary N) is 1. The Hall–Kier alpha value is -2.83. The van der Waals surface area contributed by atoms with Gasteiger partial charge in [0, 0.05) is 46.9 Å². The Morgan fingerprint density at radius 1 is 1.06 bits per heavy atom. The number of carboxylic acid groups (broad SMARTS) is 1. The molecule has 0 fully saturated rings. The molecule has 2 N–H and O–H groups in total. The first-order chi connectivity index (χ1) is 17.2. The van der Waals surface area contributed by atoms with Gasteiger partial charge in [-0.15, -0.1) is 0 Å². The standard InChI is InChI=1S/C28H34Cl2N2O4/c1-3-5-7-20(4-2)18-32(26(33)15-14-23-24(29)8-6-9-25(23)30)19-21-10-12-22(13-11-21)28(36)31-17-16-27(34)35/h6,8-15,20H,3-5,7,16-19H2,1-2H3,(H,31,36)(H,34,35)/b15-14+. The number of unbranched alkanes of at least 4 members (excludes halogenated alkanes) is 1. The monoisotopic (exact) mass is 532 g/mol. The zero-order valence-corrected chi connectivity index (χ0v) is 22.3. The summed E-state index contributed by atoms with van der Waals surface area (Å²) >= 11 is 12.5. The normalized spacial score (nSPS) is 11.9. The van der Waals surface area contributed by atoms with Crippen LogP contribution in [0.5, 0.6) is 0 Å². The first kappa shape index (κ1) is 29.4. The highest BCUT2D eigenvalue weighted by Gasteiger charge is 2.18. The van der Waals surface area contributed by atoms with Crippen LogP contribution in [-0.4, -0.2) is 40.9 Å². The van der Waals surface area contributed by atoms with Gasteiger partial charge in [0.2, 0.25) is 5.91 Å². The van der Waals surface area contributed by atoms with Gasteiger partial charge in [0.25, 0.3) is 5.91 Å². The number of nitrogens with zero attached hydrogens (tertiary/aromatic N) is 1. The Bertz CT molecular complexity index is 1030. The van der Waals surface area contributed by atoms with Gasteiger partial charge in [0.05, 0.1) is 6.42 Å². The molecule has 0 radical (unpaired) electrons. The lowest BCUT2D eigenvalue weighted by molar-refractivity contribution is -0.136. The van der Waals surface area contributed by atoms with E-state index in [0.29, 0.717) is 40.2 Å². The highest BCUT2D eigenvalue weighted by Crippen LogP contribution is 2.26. The number of benzene rings is 2. The van der Waals surface area contributed by atoms with Crippen LogP contribution < -0.4 is 5.32 Å². The van der Waals surface area contributed by atoms with E-state index in [4.69, 9.17) is 28.3 Å². The maximum Gasteiger partial charge on any atom is 0.305 e. The van der Waals surface area contributed by atoms with E-state index in [1.165, 1.54) is 6.08 Å². The number of rotatable bonds is 14. The van der Waals surface area contributed by atoms with Crippen LogP contribution in [0, 0.1) is 5.92 Å². The van der Waals surface area contributed by atoms with Crippen LogP contribution in [0.2, 0.25) is 10.0 Å². The Morgan fingerprint density at radius 2 is 1.72 bits per heavy atom. The van der Waals surface area contributed by atoms with E-state index < -0.39 is 5.97 Å². The minimum Gasteiger partial charge on any atom is -0.481 e. The molecule has 6 nitrogen and oxygen atoms in total. The highest BCUT2D eigenvalue weighted by molar-refractivity contribution is 6.37. The average molecular weight is 533 g/mol. The lowest BCUT2D eigenvalue weighted by atomic mass is 9.98. The molecule has 2 rings (SSSR count). The third-order valence-corrected chi connectivity index (χ3v) is 6.60. The number of hydrogen-bond acceptors (Lipinski definition) is 3. The number of aliphatic carboxylic acids is 1. The Kier molecular flexibility index (Phi) is 12.5. The van der Waals surface area contributed by atoms with Gasteiger partial charge in [-0.2, -0.15) is 0 Å². The number of carboxylic acids is 1. The molecule has 36 heavy (non-hydrogen) atoms. The zero-order chi connectivity index (χ0) is 26.5. The summed E-state index contributed by atoms with van der Waals surface area (Å²) in [7, 11) is 0. The van der Waals surface area contributed by atoms with Crippen molar-refractivity contribution in [2.45, 2.75) is 52.5 Å². The highest BCUT2D eigenvalue weighted by atomic mass is 35.5. The zero-order valence-electron chi connectivity index (χ0n) is 20.8. The average Bonchev–Trinajstić information content (AvgIpc) is 2.85. The third-order valence-electron chi connectivity index (χ3n) is 5.94. The molecule has 2 amide bonds. The molecular weight excluding hydrogens is 499 g/mol. The van der Waals surface area contributed by atoms with Gasteiger partial charge in [-0.3, -0.25) is 14.4 Å². The summed E-state index contributed by atoms with van der Waals surface area (Å²) in [5.41, 5.74) is 1.93. The minimum absolute atomic E-state index is 0.0656. The predicted octanol–water partition coefficient (Wildman–Crippen LogP) is 6.46. The van der Waals surface area contributed by atoms with Crippen molar-refractivity contribution in [2.75, 3.05) is 13.1 Å². The molecule has 0 spiro atoms. The van der Waals surface area contributed by atoms with Crippen molar-refractivity contribution in [1.29, 1.82) is 0 Å². The van der Waals surface area contributed by atoms with E-state index >= 15 is 0 Å². The summed E-state index contributed by atoms with van der Waals surface area (Å²) in [5.74, 6) is -1.06. The van der Waals surface area contributed by atoms with E-state index in [-0.39, 0.29) is 24.8 Å². The van der Waals surface area contributed by atoms with Gasteiger partial charge in [-0.1, -0.05) is 74.5 Å². The van der Waals surface area contributed by atoms with Crippen molar-refractivity contribution in [3.05, 3.63) is 75.3 Å². The lowest BCUT2D eigenvalue weighted by Crippen LogP contribution is -2.34. The van der Waals surface area contributed by atoms with Gasteiger partial charge in [0.1, 0.15) is 0 Å². The Balaban J connectivity index is 2.17. The second kappa shape index (κ2) is 15.3. The van der Waals surface area contributed by atoms with E-state index in [0.717, 1.165) is 31.2 Å². The summed E-state index contributed by atoms with van der Waals surface area (Å²) in [6.45, 7) is 5.37. The maximum atomic E-state index is 13.3. The largest absolute Gasteiger partial charge is 0.481 e. The molecule has 0 heterocycles. The van der Waals surface area contributed by atoms with Gasteiger partial charge in [-0.05, 0) is 48.2 Å². The minimum atomic E-state index is -0.967. The number of halogens is 2. The van der Waals surface area contributed by atoms with Crippen molar-refractivity contribution in [3.63, 3.8) is 0 Å². The smallest absolute Gasteiger partial charge is 0.305 e. The van der Waals surface area contributed by atoms with Crippen LogP contribution in [0.25, 0.3) is 6.08 Å². The first-order valence-corrected chi connectivity index (χ1v) is 13.0. The SMILES string of the molecule is CCCCC(CC)CN(Cc1ccc(C(=O)NCCC(=O)O)cc1)C(=O)/C=C/c1c(Cl)cccc1Cl. The molecule has 0 aliphatic carbocycles. The fourth-order valence-corrected chi connectivity index (χ4v) is 4.28. The van der Waals surface area contributed by atoms with Gasteiger partial charge in [-0.25, -0.2) is 0 Å². The fraction of sp³-hybridized carbons (Fsp3) is 0.393. The molecule has 0 aliphatic heterocycles. The molecule has 0 aromatic heterocycles. The summed E-state index contributed by atoms with van der Waals surface area (Å²) in [5, 5.41) is 12.3. The molecule has 8 heteroatoms. The van der Waals surface area contributed by atoms with Gasteiger partial charge >= 0.3 is 5.97 Å². The van der Waals surface area contributed by atoms with Crippen molar-refractivity contribution in [3.8, 4) is 0 Å². The third kappa shape index (κ3) is 9.67. The molecule has 0 saturated carbocycles. The van der Waals surface area contributed by atoms with Crippen LogP contribution in [0.1, 0.15) is 67.4 Å². The van der Waals surface area contributed by atoms with Gasteiger partial charge in [0.15, 0.2) is 0 Å². The fourth-order valence-electron chi connectivity index (χ4n) is 3.76. The molecule has 194 valence electrons. The van der Waals surface area contributed by atoms with Gasteiger partial charge < -0.3 is 15.3 Å². The van der Waals surface area contributed by atoms with Crippen LogP contribution in [0.15, 0.2) is 48.5 Å². The van der Waals surface area contributed by atoms with E-state index in [2.05, 4.69) is 19.2 Å². The van der Waals surface area contributed by atoms with Crippen molar-refractivity contribution in [2.24, 2.45) is 5.92 Å². The number of amides is 2. The molecule has 0 aliphatic rings. The van der Waals surface area contributed by atoms with Crippen LogP contribution in [0.4, 0.5) is 0 Å². The second-order valence-corrected chi connectivity index (χ2v) is 9.51. The number of carbonyl (C=O) groups excluding carboxylic acids is 2. The Labute approximate surface area is 223 Å². The molecule has 2 aromatic rings. The van der Waals surface area contributed by atoms with E-state index in [1.54, 1.807) is 36.4 Å². The van der Waals surface area contributed by atoms with Crippen molar-refractivity contribution in [1.82, 2.24) is 10.2 Å². The van der Waals surface area contributed by atoms with Crippen LogP contribution in [-0.2, 0) is 16.1 Å². The summed E-state index contributed by atoms with van der Waals surface area (Å²) in [4.78, 5) is 37.9. The molecule has 1 atom stereocenters. The molecule has 1 unspecified atom stereocenters. The molecule has 0 bridgehead atoms. The van der Waals surface area contributed by atoms with Crippen molar-refractivity contribution < 1.29 is 19.5 Å². The summed E-state index contributed by atoms with van der Waals surface area (Å²) in [6, 6.07) is 12.2. The van der Waals surface area contributed by atoms with Crippen LogP contribution in [0.3, 0.4) is 0 Å². The quantitative estimate of drug-likeness (QED) is 0.273.